The third-order valence-corrected chi connectivity index (χ3v) is 6.82. The molecule has 3 aromatic heterocycles. The summed E-state index contributed by atoms with van der Waals surface area (Å²) >= 11 is 0. The summed E-state index contributed by atoms with van der Waals surface area (Å²) in [6.07, 6.45) is 4.73. The molecule has 12 heteroatoms. The van der Waals surface area contributed by atoms with Crippen LogP contribution in [-0.4, -0.2) is 79.1 Å². The third-order valence-electron chi connectivity index (χ3n) is 6.82. The molecule has 2 amide bonds. The van der Waals surface area contributed by atoms with Crippen molar-refractivity contribution in [2.24, 2.45) is 0 Å². The lowest BCUT2D eigenvalue weighted by Crippen LogP contribution is -2.57. The lowest BCUT2D eigenvalue weighted by molar-refractivity contribution is 0.00705. The molecule has 40 heavy (non-hydrogen) atoms. The zero-order chi connectivity index (χ0) is 28.8. The van der Waals surface area contributed by atoms with Crippen LogP contribution in [0.5, 0.6) is 0 Å². The SMILES string of the molecule is CCn1cc2c(N3CCN(C(=O)OC(C)(C)C)[C@H](CO)C3)ccc(C(=O)Nc3cc(F)c4nc(C)cn4c3)c2n1. The molecule has 212 valence electrons. The first-order valence-corrected chi connectivity index (χ1v) is 13.3. The van der Waals surface area contributed by atoms with Crippen LogP contribution in [0.3, 0.4) is 0 Å². The Morgan fingerprint density at radius 1 is 1.20 bits per heavy atom. The number of piperazine rings is 1. The molecule has 11 nitrogen and oxygen atoms in total. The van der Waals surface area contributed by atoms with E-state index in [4.69, 9.17) is 4.74 Å². The number of aliphatic hydroxyl groups is 1. The fourth-order valence-electron chi connectivity index (χ4n) is 5.00. The van der Waals surface area contributed by atoms with E-state index in [-0.39, 0.29) is 12.3 Å². The van der Waals surface area contributed by atoms with Gasteiger partial charge in [0.15, 0.2) is 11.5 Å². The van der Waals surface area contributed by atoms with Crippen molar-refractivity contribution in [3.63, 3.8) is 0 Å². The van der Waals surface area contributed by atoms with E-state index in [1.54, 1.807) is 39.4 Å². The number of anilines is 2. The Balaban J connectivity index is 1.43. The molecule has 0 bridgehead atoms. The molecule has 5 rings (SSSR count). The van der Waals surface area contributed by atoms with Gasteiger partial charge in [0.2, 0.25) is 0 Å². The molecule has 2 N–H and O–H groups in total. The number of hydrogen-bond donors (Lipinski definition) is 2. The van der Waals surface area contributed by atoms with Gasteiger partial charge in [-0.2, -0.15) is 5.10 Å². The van der Waals surface area contributed by atoms with Gasteiger partial charge in [0.1, 0.15) is 11.1 Å². The third kappa shape index (κ3) is 5.31. The van der Waals surface area contributed by atoms with Gasteiger partial charge in [0.05, 0.1) is 29.6 Å². The predicted molar refractivity (Wildman–Crippen MR) is 149 cm³/mol. The van der Waals surface area contributed by atoms with Crippen molar-refractivity contribution in [3.8, 4) is 0 Å². The normalized spacial score (nSPS) is 16.1. The quantitative estimate of drug-likeness (QED) is 0.387. The second kappa shape index (κ2) is 10.4. The highest BCUT2D eigenvalue weighted by Gasteiger charge is 2.34. The van der Waals surface area contributed by atoms with Gasteiger partial charge in [-0.1, -0.05) is 0 Å². The first kappa shape index (κ1) is 27.4. The minimum atomic E-state index is -0.638. The van der Waals surface area contributed by atoms with Gasteiger partial charge in [-0.15, -0.1) is 0 Å². The summed E-state index contributed by atoms with van der Waals surface area (Å²) in [5.41, 5.74) is 2.21. The van der Waals surface area contributed by atoms with E-state index in [0.717, 1.165) is 11.1 Å². The molecule has 0 saturated carbocycles. The number of halogens is 1. The van der Waals surface area contributed by atoms with E-state index in [2.05, 4.69) is 20.3 Å². The maximum absolute atomic E-state index is 14.6. The number of imidazole rings is 1. The average molecular weight is 552 g/mol. The summed E-state index contributed by atoms with van der Waals surface area (Å²) in [4.78, 5) is 33.9. The van der Waals surface area contributed by atoms with Crippen molar-refractivity contribution < 1.29 is 23.8 Å². The smallest absolute Gasteiger partial charge is 0.410 e. The van der Waals surface area contributed by atoms with Gasteiger partial charge in [0, 0.05) is 61.9 Å². The van der Waals surface area contributed by atoms with Crippen LogP contribution in [0.2, 0.25) is 0 Å². The van der Waals surface area contributed by atoms with Crippen molar-refractivity contribution in [2.75, 3.05) is 36.5 Å². The standard InChI is InChI=1S/C28H34FN7O4/c1-6-35-15-21-23(33-9-10-36(19(14-33)16-37)27(39)40-28(3,4)5)8-7-20(24(21)32-35)26(38)31-18-11-22(29)25-30-17(2)12-34(25)13-18/h7-8,11-13,15,19,37H,6,9-10,14,16H2,1-5H3,(H,31,38)/t19-/m0/s1. The Morgan fingerprint density at radius 2 is 1.98 bits per heavy atom. The zero-order valence-electron chi connectivity index (χ0n) is 23.3. The number of pyridine rings is 1. The number of carbonyl (C=O) groups is 2. The number of benzene rings is 1. The maximum Gasteiger partial charge on any atom is 0.410 e. The van der Waals surface area contributed by atoms with Gasteiger partial charge < -0.3 is 24.5 Å². The van der Waals surface area contributed by atoms with Crippen LogP contribution in [0.25, 0.3) is 16.6 Å². The van der Waals surface area contributed by atoms with Crippen LogP contribution in [0.1, 0.15) is 43.7 Å². The highest BCUT2D eigenvalue weighted by Crippen LogP contribution is 2.31. The van der Waals surface area contributed by atoms with Crippen molar-refractivity contribution in [1.29, 1.82) is 0 Å². The number of amides is 2. The van der Waals surface area contributed by atoms with Crippen LogP contribution in [0.4, 0.5) is 20.6 Å². The fraction of sp³-hybridized carbons (Fsp3) is 0.429. The van der Waals surface area contributed by atoms with Crippen LogP contribution in [0, 0.1) is 12.7 Å². The minimum absolute atomic E-state index is 0.192. The monoisotopic (exact) mass is 551 g/mol. The summed E-state index contributed by atoms with van der Waals surface area (Å²) in [5, 5.41) is 18.3. The van der Waals surface area contributed by atoms with Crippen molar-refractivity contribution in [1.82, 2.24) is 24.1 Å². The summed E-state index contributed by atoms with van der Waals surface area (Å²) < 4.78 is 23.4. The largest absolute Gasteiger partial charge is 0.444 e. The Labute approximate surface area is 231 Å². The van der Waals surface area contributed by atoms with Gasteiger partial charge in [-0.25, -0.2) is 14.2 Å². The van der Waals surface area contributed by atoms with Gasteiger partial charge in [-0.3, -0.25) is 14.4 Å². The average Bonchev–Trinajstić information content (AvgIpc) is 3.50. The van der Waals surface area contributed by atoms with E-state index in [1.165, 1.54) is 6.07 Å². The minimum Gasteiger partial charge on any atom is -0.444 e. The molecule has 0 spiro atoms. The number of carbonyl (C=O) groups excluding carboxylic acids is 2. The number of rotatable bonds is 5. The molecular weight excluding hydrogens is 517 g/mol. The van der Waals surface area contributed by atoms with Crippen molar-refractivity contribution >= 4 is 39.9 Å². The highest BCUT2D eigenvalue weighted by atomic mass is 19.1. The number of ether oxygens (including phenoxy) is 1. The molecule has 0 radical (unpaired) electrons. The van der Waals surface area contributed by atoms with Crippen LogP contribution in [-0.2, 0) is 11.3 Å². The first-order chi connectivity index (χ1) is 19.0. The number of aromatic nitrogens is 4. The highest BCUT2D eigenvalue weighted by molar-refractivity contribution is 6.14. The molecular formula is C28H34FN7O4. The van der Waals surface area contributed by atoms with Gasteiger partial charge >= 0.3 is 6.09 Å². The number of aliphatic hydroxyl groups excluding tert-OH is 1. The number of aryl methyl sites for hydroxylation is 2. The summed E-state index contributed by atoms with van der Waals surface area (Å²) in [7, 11) is 0. The molecule has 1 aliphatic heterocycles. The Morgan fingerprint density at radius 3 is 2.67 bits per heavy atom. The molecule has 1 atom stereocenters. The summed E-state index contributed by atoms with van der Waals surface area (Å²) in [5.74, 6) is -0.956. The molecule has 4 heterocycles. The molecule has 4 aromatic rings. The Kier molecular flexibility index (Phi) is 7.13. The Hall–Kier alpha value is -4.19. The van der Waals surface area contributed by atoms with Gasteiger partial charge in [-0.05, 0) is 46.8 Å². The van der Waals surface area contributed by atoms with Crippen LogP contribution in [0.15, 0.2) is 36.8 Å². The van der Waals surface area contributed by atoms with E-state index in [1.807, 2.05) is 40.0 Å². The molecule has 0 unspecified atom stereocenters. The number of fused-ring (bicyclic) bond motifs is 2. The van der Waals surface area contributed by atoms with Crippen LogP contribution >= 0.6 is 0 Å². The topological polar surface area (TPSA) is 117 Å². The Bertz CT molecular complexity index is 1590. The van der Waals surface area contributed by atoms with Gasteiger partial charge in [0.25, 0.3) is 5.91 Å². The van der Waals surface area contributed by atoms with E-state index in [9.17, 15) is 19.1 Å². The molecule has 1 saturated heterocycles. The van der Waals surface area contributed by atoms with E-state index >= 15 is 0 Å². The first-order valence-electron chi connectivity index (χ1n) is 13.3. The van der Waals surface area contributed by atoms with Crippen molar-refractivity contribution in [2.45, 2.75) is 52.8 Å². The van der Waals surface area contributed by atoms with E-state index in [0.29, 0.717) is 48.6 Å². The predicted octanol–water partition coefficient (Wildman–Crippen LogP) is 3.82. The van der Waals surface area contributed by atoms with Crippen LogP contribution < -0.4 is 10.2 Å². The fourth-order valence-corrected chi connectivity index (χ4v) is 5.00. The van der Waals surface area contributed by atoms with E-state index < -0.39 is 29.5 Å². The second-order valence-electron chi connectivity index (χ2n) is 11.0. The molecule has 0 aliphatic carbocycles. The molecule has 1 fully saturated rings. The lowest BCUT2D eigenvalue weighted by atomic mass is 10.1. The molecule has 1 aliphatic rings. The number of nitrogens with one attached hydrogen (secondary N) is 1. The number of hydrogen-bond acceptors (Lipinski definition) is 7. The van der Waals surface area contributed by atoms with Crippen molar-refractivity contribution in [3.05, 3.63) is 53.9 Å². The summed E-state index contributed by atoms with van der Waals surface area (Å²) in [6, 6.07) is 4.33. The number of nitrogens with zero attached hydrogens (tertiary/aromatic N) is 6. The maximum atomic E-state index is 14.6. The molecule has 1 aromatic carbocycles. The zero-order valence-corrected chi connectivity index (χ0v) is 23.3. The summed E-state index contributed by atoms with van der Waals surface area (Å²) in [6.45, 7) is 10.8. The lowest BCUT2D eigenvalue weighted by Gasteiger charge is -2.42. The second-order valence-corrected chi connectivity index (χ2v) is 11.0.